The maximum atomic E-state index is 12.5. The summed E-state index contributed by atoms with van der Waals surface area (Å²) in [6.45, 7) is 4.85. The minimum Gasteiger partial charge on any atom is -0.480 e. The van der Waals surface area contributed by atoms with Crippen LogP contribution in [0.2, 0.25) is 0 Å². The molecule has 1 N–H and O–H groups in total. The fourth-order valence-corrected chi connectivity index (χ4v) is 4.01. The van der Waals surface area contributed by atoms with Crippen LogP contribution in [0.1, 0.15) is 26.7 Å². The van der Waals surface area contributed by atoms with Gasteiger partial charge in [-0.2, -0.15) is 0 Å². The van der Waals surface area contributed by atoms with Gasteiger partial charge in [0.05, 0.1) is 11.3 Å². The molecule has 25 heavy (non-hydrogen) atoms. The number of carboxylic acid groups (broad SMARTS) is 1. The Hall–Kier alpha value is -1.87. The maximum Gasteiger partial charge on any atom is 0.323 e. The summed E-state index contributed by atoms with van der Waals surface area (Å²) in [6, 6.07) is 1.72. The smallest absolute Gasteiger partial charge is 0.323 e. The summed E-state index contributed by atoms with van der Waals surface area (Å²) in [4.78, 5) is 42.1. The number of unbranched alkanes of at least 4 members (excludes halogenated alkanes) is 1. The van der Waals surface area contributed by atoms with Crippen molar-refractivity contribution >= 4 is 45.2 Å². The molecule has 2 rings (SSSR count). The van der Waals surface area contributed by atoms with Crippen molar-refractivity contribution in [1.29, 1.82) is 0 Å². The Kier molecular flexibility index (Phi) is 7.01. The van der Waals surface area contributed by atoms with Gasteiger partial charge in [0.1, 0.15) is 11.2 Å². The van der Waals surface area contributed by atoms with Crippen LogP contribution in [-0.2, 0) is 16.1 Å². The van der Waals surface area contributed by atoms with E-state index < -0.39 is 12.5 Å². The molecule has 0 aliphatic rings. The Morgan fingerprint density at radius 2 is 2.16 bits per heavy atom. The third-order valence-corrected chi connectivity index (χ3v) is 5.52. The van der Waals surface area contributed by atoms with Crippen molar-refractivity contribution in [2.45, 2.75) is 38.4 Å². The molecular weight excluding hydrogens is 362 g/mol. The number of carbonyl (C=O) groups excluding carboxylic acids is 1. The zero-order chi connectivity index (χ0) is 18.4. The van der Waals surface area contributed by atoms with Gasteiger partial charge in [-0.15, -0.1) is 11.3 Å². The third-order valence-electron chi connectivity index (χ3n) is 3.66. The van der Waals surface area contributed by atoms with Gasteiger partial charge in [-0.05, 0) is 24.8 Å². The largest absolute Gasteiger partial charge is 0.480 e. The number of thiophene rings is 1. The first-order chi connectivity index (χ1) is 12.0. The van der Waals surface area contributed by atoms with Gasteiger partial charge in [0.25, 0.3) is 5.56 Å². The second-order valence-electron chi connectivity index (χ2n) is 5.43. The lowest BCUT2D eigenvalue weighted by atomic mass is 10.3. The van der Waals surface area contributed by atoms with E-state index in [-0.39, 0.29) is 22.4 Å². The van der Waals surface area contributed by atoms with Gasteiger partial charge in [0.2, 0.25) is 5.91 Å². The van der Waals surface area contributed by atoms with E-state index in [4.69, 9.17) is 5.11 Å². The van der Waals surface area contributed by atoms with Crippen molar-refractivity contribution in [3.05, 3.63) is 21.8 Å². The topological polar surface area (TPSA) is 92.5 Å². The molecule has 2 aromatic heterocycles. The van der Waals surface area contributed by atoms with E-state index in [1.165, 1.54) is 11.3 Å². The molecule has 0 bridgehead atoms. The van der Waals surface area contributed by atoms with E-state index >= 15 is 0 Å². The highest BCUT2D eigenvalue weighted by atomic mass is 32.2. The molecule has 0 atom stereocenters. The molecule has 1 amide bonds. The number of carboxylic acids is 1. The molecule has 136 valence electrons. The number of thioether (sulfide) groups is 1. The number of carbonyl (C=O) groups is 2. The summed E-state index contributed by atoms with van der Waals surface area (Å²) in [6.07, 6.45) is 1.94. The van der Waals surface area contributed by atoms with E-state index in [0.717, 1.165) is 29.2 Å². The van der Waals surface area contributed by atoms with Gasteiger partial charge in [0.15, 0.2) is 5.16 Å². The first-order valence-electron chi connectivity index (χ1n) is 8.08. The highest BCUT2D eigenvalue weighted by molar-refractivity contribution is 7.99. The summed E-state index contributed by atoms with van der Waals surface area (Å²) >= 11 is 2.34. The molecule has 2 aromatic rings. The second kappa shape index (κ2) is 9.00. The standard InChI is InChI=1S/C16H21N3O4S2/c1-3-5-7-18(4-2)12(20)10-25-16-17-11-6-8-24-14(11)15(23)19(16)9-13(21)22/h6,8H,3-5,7,9-10H2,1-2H3,(H,21,22). The Balaban J connectivity index is 2.23. The second-order valence-corrected chi connectivity index (χ2v) is 7.29. The zero-order valence-corrected chi connectivity index (χ0v) is 15.9. The summed E-state index contributed by atoms with van der Waals surface area (Å²) in [7, 11) is 0. The van der Waals surface area contributed by atoms with E-state index in [0.29, 0.717) is 23.3 Å². The minimum atomic E-state index is -1.12. The number of aliphatic carboxylic acids is 1. The number of rotatable bonds is 9. The number of hydrogen-bond donors (Lipinski definition) is 1. The predicted molar refractivity (Wildman–Crippen MR) is 99.4 cm³/mol. The third kappa shape index (κ3) is 4.82. The number of hydrogen-bond acceptors (Lipinski definition) is 6. The van der Waals surface area contributed by atoms with Crippen LogP contribution in [0.3, 0.4) is 0 Å². The van der Waals surface area contributed by atoms with Crippen LogP contribution in [0.25, 0.3) is 10.2 Å². The van der Waals surface area contributed by atoms with Gasteiger partial charge >= 0.3 is 5.97 Å². The lowest BCUT2D eigenvalue weighted by Gasteiger charge is -2.20. The molecule has 0 aliphatic heterocycles. The van der Waals surface area contributed by atoms with Crippen molar-refractivity contribution in [2.24, 2.45) is 0 Å². The molecule has 0 unspecified atom stereocenters. The van der Waals surface area contributed by atoms with Gasteiger partial charge < -0.3 is 10.0 Å². The molecule has 0 radical (unpaired) electrons. The molecule has 0 spiro atoms. The van der Waals surface area contributed by atoms with Crippen molar-refractivity contribution in [3.8, 4) is 0 Å². The maximum absolute atomic E-state index is 12.5. The summed E-state index contributed by atoms with van der Waals surface area (Å²) in [5, 5.41) is 11.1. The number of amides is 1. The monoisotopic (exact) mass is 383 g/mol. The highest BCUT2D eigenvalue weighted by Crippen LogP contribution is 2.21. The molecule has 0 saturated heterocycles. The molecule has 0 fully saturated rings. The van der Waals surface area contributed by atoms with Gasteiger partial charge in [-0.3, -0.25) is 19.0 Å². The zero-order valence-electron chi connectivity index (χ0n) is 14.2. The van der Waals surface area contributed by atoms with Gasteiger partial charge in [0, 0.05) is 13.1 Å². The van der Waals surface area contributed by atoms with Crippen molar-refractivity contribution in [3.63, 3.8) is 0 Å². The van der Waals surface area contributed by atoms with Crippen LogP contribution in [0.5, 0.6) is 0 Å². The van der Waals surface area contributed by atoms with Gasteiger partial charge in [-0.25, -0.2) is 4.98 Å². The van der Waals surface area contributed by atoms with Crippen LogP contribution < -0.4 is 5.56 Å². The Morgan fingerprint density at radius 3 is 2.80 bits per heavy atom. The van der Waals surface area contributed by atoms with Crippen molar-refractivity contribution in [2.75, 3.05) is 18.8 Å². The number of fused-ring (bicyclic) bond motifs is 1. The first kappa shape index (κ1) is 19.5. The summed E-state index contributed by atoms with van der Waals surface area (Å²) < 4.78 is 1.55. The van der Waals surface area contributed by atoms with E-state index in [1.807, 2.05) is 6.92 Å². The van der Waals surface area contributed by atoms with Crippen LogP contribution in [0.15, 0.2) is 21.4 Å². The number of aromatic nitrogens is 2. The van der Waals surface area contributed by atoms with E-state index in [2.05, 4.69) is 11.9 Å². The molecule has 0 saturated carbocycles. The summed E-state index contributed by atoms with van der Waals surface area (Å²) in [5.41, 5.74) is 0.153. The minimum absolute atomic E-state index is 0.0394. The molecule has 2 heterocycles. The van der Waals surface area contributed by atoms with Crippen LogP contribution in [0.4, 0.5) is 0 Å². The van der Waals surface area contributed by atoms with E-state index in [9.17, 15) is 14.4 Å². The lowest BCUT2D eigenvalue weighted by Crippen LogP contribution is -2.33. The molecule has 0 aromatic carbocycles. The molecular formula is C16H21N3O4S2. The predicted octanol–water partition coefficient (Wildman–Crippen LogP) is 2.28. The Labute approximate surface area is 153 Å². The Bertz CT molecular complexity index is 815. The SMILES string of the molecule is CCCCN(CC)C(=O)CSc1nc2ccsc2c(=O)n1CC(=O)O. The summed E-state index contributed by atoms with van der Waals surface area (Å²) in [5.74, 6) is -1.03. The fourth-order valence-electron chi connectivity index (χ4n) is 2.33. The van der Waals surface area contributed by atoms with Crippen LogP contribution in [0, 0.1) is 0 Å². The lowest BCUT2D eigenvalue weighted by molar-refractivity contribution is -0.138. The molecule has 7 nitrogen and oxygen atoms in total. The average molecular weight is 383 g/mol. The Morgan fingerprint density at radius 1 is 1.40 bits per heavy atom. The average Bonchev–Trinajstić information content (AvgIpc) is 3.05. The van der Waals surface area contributed by atoms with Crippen molar-refractivity contribution in [1.82, 2.24) is 14.5 Å². The van der Waals surface area contributed by atoms with Gasteiger partial charge in [-0.1, -0.05) is 25.1 Å². The van der Waals surface area contributed by atoms with Crippen molar-refractivity contribution < 1.29 is 14.7 Å². The normalized spacial score (nSPS) is 11.0. The number of nitrogens with zero attached hydrogens (tertiary/aromatic N) is 3. The fraction of sp³-hybridized carbons (Fsp3) is 0.500. The first-order valence-corrected chi connectivity index (χ1v) is 9.94. The molecule has 0 aliphatic carbocycles. The molecule has 9 heteroatoms. The highest BCUT2D eigenvalue weighted by Gasteiger charge is 2.18. The quantitative estimate of drug-likeness (QED) is 0.527. The van der Waals surface area contributed by atoms with Crippen LogP contribution >= 0.6 is 23.1 Å². The van der Waals surface area contributed by atoms with E-state index in [1.54, 1.807) is 16.3 Å². The van der Waals surface area contributed by atoms with Crippen LogP contribution in [-0.4, -0.2) is 50.3 Å².